The number of aromatic nitrogens is 3. The van der Waals surface area contributed by atoms with E-state index in [1.54, 1.807) is 6.92 Å². The van der Waals surface area contributed by atoms with E-state index in [0.717, 1.165) is 18.6 Å². The van der Waals surface area contributed by atoms with Gasteiger partial charge in [0, 0.05) is 12.5 Å². The highest BCUT2D eigenvalue weighted by molar-refractivity contribution is 9.10. The second kappa shape index (κ2) is 5.83. The molecule has 0 aliphatic carbocycles. The van der Waals surface area contributed by atoms with Gasteiger partial charge in [-0.25, -0.2) is 18.4 Å². The predicted molar refractivity (Wildman–Crippen MR) is 81.2 cm³/mol. The molecule has 0 amide bonds. The van der Waals surface area contributed by atoms with Crippen LogP contribution in [0.2, 0.25) is 0 Å². The van der Waals surface area contributed by atoms with Crippen molar-refractivity contribution in [3.8, 4) is 5.69 Å². The van der Waals surface area contributed by atoms with Crippen molar-refractivity contribution in [3.63, 3.8) is 0 Å². The van der Waals surface area contributed by atoms with Crippen molar-refractivity contribution in [1.29, 1.82) is 0 Å². The molecule has 3 nitrogen and oxygen atoms in total. The molecule has 1 radical (unpaired) electrons. The monoisotopic (exact) mass is 356 g/mol. The lowest BCUT2D eigenvalue weighted by molar-refractivity contribution is 0.407. The molecule has 1 aromatic heterocycles. The van der Waals surface area contributed by atoms with Gasteiger partial charge in [-0.2, -0.15) is 5.10 Å². The van der Waals surface area contributed by atoms with Crippen LogP contribution in [-0.4, -0.2) is 14.8 Å². The molecule has 21 heavy (non-hydrogen) atoms. The van der Waals surface area contributed by atoms with E-state index in [-0.39, 0.29) is 15.6 Å². The molecule has 0 bridgehead atoms. The first-order chi connectivity index (χ1) is 9.67. The van der Waals surface area contributed by atoms with Crippen LogP contribution >= 0.6 is 15.9 Å². The summed E-state index contributed by atoms with van der Waals surface area (Å²) in [5.74, 6) is -0.0753. The van der Waals surface area contributed by atoms with E-state index in [1.165, 1.54) is 4.68 Å². The van der Waals surface area contributed by atoms with E-state index in [4.69, 9.17) is 0 Å². The normalized spacial score (nSPS) is 12.0. The van der Waals surface area contributed by atoms with E-state index in [0.29, 0.717) is 11.6 Å². The van der Waals surface area contributed by atoms with Gasteiger partial charge in [0.1, 0.15) is 23.2 Å². The summed E-state index contributed by atoms with van der Waals surface area (Å²) < 4.78 is 29.2. The summed E-state index contributed by atoms with van der Waals surface area (Å²) in [6.07, 6.45) is 2.64. The summed E-state index contributed by atoms with van der Waals surface area (Å²) in [6, 6.07) is 2.20. The number of rotatable bonds is 3. The van der Waals surface area contributed by atoms with Crippen LogP contribution < -0.4 is 0 Å². The highest BCUT2D eigenvalue weighted by atomic mass is 79.9. The van der Waals surface area contributed by atoms with Crippen LogP contribution in [0.3, 0.4) is 0 Å². The average Bonchev–Trinajstić information content (AvgIpc) is 2.71. The van der Waals surface area contributed by atoms with Crippen molar-refractivity contribution < 1.29 is 8.78 Å². The summed E-state index contributed by atoms with van der Waals surface area (Å²) >= 11 is 3.01. The van der Waals surface area contributed by atoms with Crippen molar-refractivity contribution in [3.05, 3.63) is 46.3 Å². The molecule has 0 saturated heterocycles. The number of benzene rings is 1. The Morgan fingerprint density at radius 3 is 2.57 bits per heavy atom. The fourth-order valence-electron chi connectivity index (χ4n) is 1.83. The van der Waals surface area contributed by atoms with Gasteiger partial charge < -0.3 is 0 Å². The molecule has 1 aromatic carbocycles. The van der Waals surface area contributed by atoms with Crippen LogP contribution in [-0.2, 0) is 0 Å². The number of aryl methyl sites for hydroxylation is 1. The van der Waals surface area contributed by atoms with Crippen molar-refractivity contribution in [2.24, 2.45) is 5.41 Å². The Morgan fingerprint density at radius 1 is 1.29 bits per heavy atom. The largest absolute Gasteiger partial charge is 0.216 e. The molecule has 2 rings (SSSR count). The van der Waals surface area contributed by atoms with E-state index < -0.39 is 11.6 Å². The molecule has 0 saturated carbocycles. The van der Waals surface area contributed by atoms with Crippen LogP contribution in [0.4, 0.5) is 8.78 Å². The van der Waals surface area contributed by atoms with E-state index in [9.17, 15) is 8.78 Å². The van der Waals surface area contributed by atoms with Gasteiger partial charge >= 0.3 is 0 Å². The minimum Gasteiger partial charge on any atom is -0.216 e. The van der Waals surface area contributed by atoms with Gasteiger partial charge in [0.05, 0.1) is 4.47 Å². The molecule has 0 fully saturated rings. The Hall–Kier alpha value is -1.30. The maximum Gasteiger partial charge on any atom is 0.163 e. The number of hydrogen-bond donors (Lipinski definition) is 0. The van der Waals surface area contributed by atoms with E-state index in [2.05, 4.69) is 46.8 Å². The topological polar surface area (TPSA) is 30.7 Å². The zero-order chi connectivity index (χ0) is 15.8. The highest BCUT2D eigenvalue weighted by Gasteiger charge is 2.19. The molecular formula is C15H17BrF2N3. The minimum atomic E-state index is -0.563. The van der Waals surface area contributed by atoms with Gasteiger partial charge in [-0.3, -0.25) is 0 Å². The molecule has 6 heteroatoms. The quantitative estimate of drug-likeness (QED) is 0.752. The summed E-state index contributed by atoms with van der Waals surface area (Å²) in [7, 11) is 0. The van der Waals surface area contributed by atoms with Gasteiger partial charge in [-0.05, 0) is 40.8 Å². The van der Waals surface area contributed by atoms with Crippen LogP contribution in [0.5, 0.6) is 0 Å². The first kappa shape index (κ1) is 16.1. The third-order valence-corrected chi connectivity index (χ3v) is 3.41. The second-order valence-electron chi connectivity index (χ2n) is 6.12. The highest BCUT2D eigenvalue weighted by Crippen LogP contribution is 2.27. The third-order valence-electron chi connectivity index (χ3n) is 2.84. The molecular weight excluding hydrogens is 340 g/mol. The number of nitrogens with zero attached hydrogens (tertiary/aromatic N) is 3. The SMILES string of the molecule is Cc1nc([CH]CC(C)(C)C)n(-c2cc(F)cc(Br)c2F)n1. The molecule has 0 N–H and O–H groups in total. The van der Waals surface area contributed by atoms with Crippen LogP contribution in [0.15, 0.2) is 16.6 Å². The van der Waals surface area contributed by atoms with Crippen molar-refractivity contribution in [2.45, 2.75) is 34.1 Å². The summed E-state index contributed by atoms with van der Waals surface area (Å²) in [4.78, 5) is 4.28. The zero-order valence-electron chi connectivity index (χ0n) is 12.4. The molecule has 0 atom stereocenters. The maximum absolute atomic E-state index is 14.2. The summed E-state index contributed by atoms with van der Waals surface area (Å²) in [5, 5.41) is 4.17. The van der Waals surface area contributed by atoms with Gasteiger partial charge in [0.15, 0.2) is 5.82 Å². The standard InChI is InChI=1S/C15H17BrF2N3/c1-9-19-13(5-6-15(2,3)4)21(20-9)12-8-10(17)7-11(16)14(12)18/h5,7-8H,6H2,1-4H3. The molecule has 1 heterocycles. The Balaban J connectivity index is 2.45. The molecule has 2 aromatic rings. The van der Waals surface area contributed by atoms with E-state index >= 15 is 0 Å². The van der Waals surface area contributed by atoms with Crippen LogP contribution in [0.25, 0.3) is 5.69 Å². The lowest BCUT2D eigenvalue weighted by atomic mass is 9.90. The summed E-state index contributed by atoms with van der Waals surface area (Å²) in [5.41, 5.74) is 0.119. The van der Waals surface area contributed by atoms with E-state index in [1.807, 2.05) is 6.42 Å². The molecule has 113 valence electrons. The molecule has 0 aliphatic heterocycles. The van der Waals surface area contributed by atoms with Gasteiger partial charge in [-0.15, -0.1) is 0 Å². The van der Waals surface area contributed by atoms with Crippen LogP contribution in [0.1, 0.15) is 38.8 Å². The Labute approximate surface area is 131 Å². The third kappa shape index (κ3) is 3.87. The fourth-order valence-corrected chi connectivity index (χ4v) is 2.26. The Bertz CT molecular complexity index is 660. The molecule has 0 aliphatic rings. The van der Waals surface area contributed by atoms with Gasteiger partial charge in [0.25, 0.3) is 0 Å². The van der Waals surface area contributed by atoms with Gasteiger partial charge in [-0.1, -0.05) is 20.8 Å². The Kier molecular flexibility index (Phi) is 4.46. The minimum absolute atomic E-state index is 0.0441. The zero-order valence-corrected chi connectivity index (χ0v) is 14.0. The fraction of sp³-hybridized carbons (Fsp3) is 0.400. The van der Waals surface area contributed by atoms with Crippen molar-refractivity contribution in [1.82, 2.24) is 14.8 Å². The predicted octanol–water partition coefficient (Wildman–Crippen LogP) is 4.61. The Morgan fingerprint density at radius 2 is 1.95 bits per heavy atom. The first-order valence-corrected chi connectivity index (χ1v) is 7.38. The lowest BCUT2D eigenvalue weighted by Gasteiger charge is -2.17. The number of halogens is 3. The molecule has 0 spiro atoms. The number of hydrogen-bond acceptors (Lipinski definition) is 2. The average molecular weight is 357 g/mol. The van der Waals surface area contributed by atoms with Gasteiger partial charge in [0.2, 0.25) is 0 Å². The smallest absolute Gasteiger partial charge is 0.163 e. The first-order valence-electron chi connectivity index (χ1n) is 6.59. The molecule has 0 unspecified atom stereocenters. The van der Waals surface area contributed by atoms with Crippen molar-refractivity contribution in [2.75, 3.05) is 0 Å². The van der Waals surface area contributed by atoms with Crippen molar-refractivity contribution >= 4 is 15.9 Å². The maximum atomic E-state index is 14.2. The second-order valence-corrected chi connectivity index (χ2v) is 6.97. The van der Waals surface area contributed by atoms with Crippen LogP contribution in [0, 0.1) is 30.4 Å². The summed E-state index contributed by atoms with van der Waals surface area (Å²) in [6.45, 7) is 8.00. The lowest BCUT2D eigenvalue weighted by Crippen LogP contribution is -2.10.